The monoisotopic (exact) mass is 554 g/mol. The summed E-state index contributed by atoms with van der Waals surface area (Å²) in [4.78, 5) is 26.6. The maximum atomic E-state index is 13.8. The summed E-state index contributed by atoms with van der Waals surface area (Å²) in [6, 6.07) is 9.28. The molecule has 1 aliphatic rings. The lowest BCUT2D eigenvalue weighted by Gasteiger charge is -2.33. The van der Waals surface area contributed by atoms with Crippen LogP contribution in [0.15, 0.2) is 55.0 Å². The van der Waals surface area contributed by atoms with Crippen LogP contribution in [0.3, 0.4) is 0 Å². The lowest BCUT2D eigenvalue weighted by atomic mass is 9.95. The molecule has 3 heterocycles. The zero-order valence-corrected chi connectivity index (χ0v) is 21.5. The van der Waals surface area contributed by atoms with Crippen molar-refractivity contribution in [2.75, 3.05) is 23.7 Å². The average Bonchev–Trinajstić information content (AvgIpc) is 3.37. The largest absolute Gasteiger partial charge is 0.478 e. The molecule has 0 bridgehead atoms. The van der Waals surface area contributed by atoms with Gasteiger partial charge < -0.3 is 20.3 Å². The molecule has 0 saturated carbocycles. The number of aromatic carboxylic acids is 1. The molecular weight excluding hydrogens is 528 g/mol. The fraction of sp³-hybridized carbons (Fsp3) is 0.286. The van der Waals surface area contributed by atoms with Gasteiger partial charge in [0.2, 0.25) is 0 Å². The number of nitrogen functional groups attached to an aromatic ring is 1. The third-order valence-corrected chi connectivity index (χ3v) is 7.15. The molecule has 1 fully saturated rings. The van der Waals surface area contributed by atoms with Gasteiger partial charge in [-0.2, -0.15) is 13.2 Å². The number of aromatic nitrogens is 4. The molecule has 1 aliphatic heterocycles. The number of hydrogen-bond donors (Lipinski definition) is 2. The predicted molar refractivity (Wildman–Crippen MR) is 141 cm³/mol. The number of imidazole rings is 1. The molecule has 0 amide bonds. The number of aryl methyl sites for hydroxylation is 1. The summed E-state index contributed by atoms with van der Waals surface area (Å²) < 4.78 is 55.5. The van der Waals surface area contributed by atoms with Gasteiger partial charge in [-0.05, 0) is 55.7 Å². The highest BCUT2D eigenvalue weighted by Gasteiger charge is 2.35. The van der Waals surface area contributed by atoms with Crippen LogP contribution in [0, 0.1) is 5.82 Å². The Balaban J connectivity index is 1.38. The van der Waals surface area contributed by atoms with Crippen molar-refractivity contribution in [3.63, 3.8) is 0 Å². The van der Waals surface area contributed by atoms with Gasteiger partial charge in [-0.3, -0.25) is 0 Å². The van der Waals surface area contributed by atoms with Crippen molar-refractivity contribution in [2.45, 2.75) is 38.4 Å². The van der Waals surface area contributed by atoms with Crippen LogP contribution in [-0.2, 0) is 12.7 Å². The van der Waals surface area contributed by atoms with E-state index >= 15 is 0 Å². The summed E-state index contributed by atoms with van der Waals surface area (Å²) in [7, 11) is 0. The normalized spacial score (nSPS) is 14.5. The van der Waals surface area contributed by atoms with E-state index in [4.69, 9.17) is 5.73 Å². The maximum absolute atomic E-state index is 13.8. The Morgan fingerprint density at radius 2 is 1.75 bits per heavy atom. The molecule has 1 saturated heterocycles. The van der Waals surface area contributed by atoms with Crippen molar-refractivity contribution in [1.29, 1.82) is 0 Å². The SMILES string of the molecule is CCn1cc(-c2ccc(F)c(C(F)(F)F)c2)nc1C1CCN(c2ncnc(N)c2-c2ccc(C(=O)O)cc2)CC1. The van der Waals surface area contributed by atoms with Gasteiger partial charge in [-0.25, -0.2) is 24.1 Å². The molecule has 3 N–H and O–H groups in total. The Morgan fingerprint density at radius 3 is 2.38 bits per heavy atom. The molecule has 5 rings (SSSR count). The van der Waals surface area contributed by atoms with Crippen molar-refractivity contribution < 1.29 is 27.5 Å². The first-order valence-corrected chi connectivity index (χ1v) is 12.7. The van der Waals surface area contributed by atoms with Crippen molar-refractivity contribution in [2.24, 2.45) is 0 Å². The lowest BCUT2D eigenvalue weighted by Crippen LogP contribution is -2.34. The zero-order valence-electron chi connectivity index (χ0n) is 21.5. The number of nitrogens with zero attached hydrogens (tertiary/aromatic N) is 5. The van der Waals surface area contributed by atoms with E-state index in [1.54, 1.807) is 18.3 Å². The first-order chi connectivity index (χ1) is 19.1. The fourth-order valence-corrected chi connectivity index (χ4v) is 5.09. The van der Waals surface area contributed by atoms with Gasteiger partial charge in [0.25, 0.3) is 0 Å². The summed E-state index contributed by atoms with van der Waals surface area (Å²) in [5.41, 5.74) is 6.94. The van der Waals surface area contributed by atoms with E-state index in [-0.39, 0.29) is 22.9 Å². The molecule has 12 heteroatoms. The highest BCUT2D eigenvalue weighted by molar-refractivity contribution is 5.90. The van der Waals surface area contributed by atoms with Crippen molar-refractivity contribution in [1.82, 2.24) is 19.5 Å². The van der Waals surface area contributed by atoms with Crippen LogP contribution in [0.4, 0.5) is 29.2 Å². The highest BCUT2D eigenvalue weighted by atomic mass is 19.4. The summed E-state index contributed by atoms with van der Waals surface area (Å²) in [6.45, 7) is 3.74. The smallest absolute Gasteiger partial charge is 0.419 e. The van der Waals surface area contributed by atoms with Gasteiger partial charge in [0.05, 0.1) is 22.4 Å². The number of anilines is 2. The van der Waals surface area contributed by atoms with E-state index in [0.29, 0.717) is 55.1 Å². The van der Waals surface area contributed by atoms with Crippen LogP contribution < -0.4 is 10.6 Å². The molecule has 0 aliphatic carbocycles. The Morgan fingerprint density at radius 1 is 1.07 bits per heavy atom. The summed E-state index contributed by atoms with van der Waals surface area (Å²) in [5.74, 6) is -0.619. The number of nitrogens with two attached hydrogens (primary N) is 1. The van der Waals surface area contributed by atoms with Gasteiger partial charge in [-0.1, -0.05) is 12.1 Å². The van der Waals surface area contributed by atoms with E-state index in [9.17, 15) is 27.5 Å². The summed E-state index contributed by atoms with van der Waals surface area (Å²) in [6.07, 6.45) is -0.298. The van der Waals surface area contributed by atoms with Crippen molar-refractivity contribution >= 4 is 17.6 Å². The Hall–Kier alpha value is -4.48. The number of hydrogen-bond acceptors (Lipinski definition) is 6. The predicted octanol–water partition coefficient (Wildman–Crippen LogP) is 5.85. The van der Waals surface area contributed by atoms with Gasteiger partial charge in [0.1, 0.15) is 29.6 Å². The number of halogens is 4. The Kier molecular flexibility index (Phi) is 7.17. The number of carbonyl (C=O) groups is 1. The number of benzene rings is 2. The third-order valence-electron chi connectivity index (χ3n) is 7.15. The van der Waals surface area contributed by atoms with Gasteiger partial charge in [0, 0.05) is 37.3 Å². The highest BCUT2D eigenvalue weighted by Crippen LogP contribution is 2.38. The number of rotatable bonds is 6. The third kappa shape index (κ3) is 5.21. The first kappa shape index (κ1) is 27.1. The fourth-order valence-electron chi connectivity index (χ4n) is 5.09. The molecule has 208 valence electrons. The number of carboxylic acid groups (broad SMARTS) is 1. The minimum atomic E-state index is -4.80. The van der Waals surface area contributed by atoms with E-state index in [1.165, 1.54) is 24.5 Å². The molecule has 2 aromatic heterocycles. The molecule has 0 radical (unpaired) electrons. The summed E-state index contributed by atoms with van der Waals surface area (Å²) in [5, 5.41) is 9.21. The molecule has 4 aromatic rings. The zero-order chi connectivity index (χ0) is 28.6. The van der Waals surface area contributed by atoms with Crippen LogP contribution >= 0.6 is 0 Å². The van der Waals surface area contributed by atoms with Crippen molar-refractivity contribution in [3.05, 3.63) is 77.8 Å². The minimum absolute atomic E-state index is 0.0463. The summed E-state index contributed by atoms with van der Waals surface area (Å²) >= 11 is 0. The van der Waals surface area contributed by atoms with Gasteiger partial charge in [-0.15, -0.1) is 0 Å². The van der Waals surface area contributed by atoms with Crippen LogP contribution in [-0.4, -0.2) is 43.7 Å². The second kappa shape index (κ2) is 10.6. The van der Waals surface area contributed by atoms with Crippen LogP contribution in [0.25, 0.3) is 22.4 Å². The first-order valence-electron chi connectivity index (χ1n) is 12.7. The van der Waals surface area contributed by atoms with Crippen molar-refractivity contribution in [3.8, 4) is 22.4 Å². The van der Waals surface area contributed by atoms with Crippen LogP contribution in [0.5, 0.6) is 0 Å². The van der Waals surface area contributed by atoms with Crippen LogP contribution in [0.1, 0.15) is 47.4 Å². The topological polar surface area (TPSA) is 110 Å². The molecule has 0 atom stereocenters. The van der Waals surface area contributed by atoms with E-state index in [0.717, 1.165) is 18.0 Å². The quantitative estimate of drug-likeness (QED) is 0.288. The minimum Gasteiger partial charge on any atom is -0.478 e. The molecule has 40 heavy (non-hydrogen) atoms. The lowest BCUT2D eigenvalue weighted by molar-refractivity contribution is -0.139. The molecular formula is C28H26F4N6O2. The van der Waals surface area contributed by atoms with Gasteiger partial charge in [0.15, 0.2) is 0 Å². The molecule has 0 unspecified atom stereocenters. The molecule has 0 spiro atoms. The van der Waals surface area contributed by atoms with Gasteiger partial charge >= 0.3 is 12.1 Å². The average molecular weight is 555 g/mol. The van der Waals surface area contributed by atoms with E-state index in [2.05, 4.69) is 19.9 Å². The second-order valence-electron chi connectivity index (χ2n) is 9.56. The number of carboxylic acids is 1. The number of alkyl halides is 3. The molecule has 8 nitrogen and oxygen atoms in total. The standard InChI is InChI=1S/C28H26F4N6O2/c1-2-37-14-22(19-7-8-21(29)20(13-19)28(30,31)32)36-25(37)17-9-11-38(12-10-17)26-23(24(33)34-15-35-26)16-3-5-18(6-4-16)27(39)40/h3-8,13-15,17H,2,9-12H2,1H3,(H,39,40)(H2,33,34,35). The van der Waals surface area contributed by atoms with Crippen LogP contribution in [0.2, 0.25) is 0 Å². The Labute approximate surface area is 227 Å². The Bertz CT molecular complexity index is 1540. The molecule has 2 aromatic carbocycles. The van der Waals surface area contributed by atoms with E-state index < -0.39 is 23.5 Å². The number of piperidine rings is 1. The maximum Gasteiger partial charge on any atom is 0.419 e. The second-order valence-corrected chi connectivity index (χ2v) is 9.56. The van der Waals surface area contributed by atoms with E-state index in [1.807, 2.05) is 11.5 Å².